The minimum absolute atomic E-state index is 0.0719. The summed E-state index contributed by atoms with van der Waals surface area (Å²) in [5, 5.41) is 3.76. The van der Waals surface area contributed by atoms with Gasteiger partial charge in [0, 0.05) is 29.7 Å². The number of nitrogens with one attached hydrogen (secondary N) is 1. The van der Waals surface area contributed by atoms with E-state index in [1.807, 2.05) is 12.1 Å². The molecule has 218 valence electrons. The van der Waals surface area contributed by atoms with E-state index in [0.717, 1.165) is 43.1 Å². The van der Waals surface area contributed by atoms with Crippen molar-refractivity contribution in [2.45, 2.75) is 95.2 Å². The van der Waals surface area contributed by atoms with E-state index in [-0.39, 0.29) is 36.7 Å². The van der Waals surface area contributed by atoms with Crippen LogP contribution in [0.4, 0.5) is 4.39 Å². The standard InChI is InChI=1S/C32H38FN3O5/c1-3-40-30(39)32-17-21(32)11-8-6-4-5-7-9-14-26(37)36-19-31(18-25(36)29(38)35-32)16-15-23-22-12-10-13-24(33)27(22)34-20(2)28(23)41-31/h8,10-13,21,25H,3-7,9,14-19H2,1-2H3,(H,35,38)/b11-8-/t21-,25+,31-,32-/m1/s1. The van der Waals surface area contributed by atoms with E-state index in [1.54, 1.807) is 24.8 Å². The number of esters is 1. The summed E-state index contributed by atoms with van der Waals surface area (Å²) in [7, 11) is 0. The minimum atomic E-state index is -1.10. The summed E-state index contributed by atoms with van der Waals surface area (Å²) in [5.74, 6) is -0.736. The topological polar surface area (TPSA) is 97.8 Å². The van der Waals surface area contributed by atoms with Gasteiger partial charge in [-0.2, -0.15) is 0 Å². The Labute approximate surface area is 239 Å². The third-order valence-electron chi connectivity index (χ3n) is 9.25. The van der Waals surface area contributed by atoms with Crippen molar-refractivity contribution in [3.05, 3.63) is 47.4 Å². The molecule has 1 aliphatic carbocycles. The first-order valence-electron chi connectivity index (χ1n) is 15.0. The number of hydrogen-bond donors (Lipinski definition) is 1. The number of aryl methyl sites for hydroxylation is 2. The van der Waals surface area contributed by atoms with Crippen molar-refractivity contribution in [1.29, 1.82) is 0 Å². The predicted octanol–water partition coefficient (Wildman–Crippen LogP) is 4.70. The van der Waals surface area contributed by atoms with E-state index in [9.17, 15) is 18.8 Å². The summed E-state index contributed by atoms with van der Waals surface area (Å²) in [6.45, 7) is 4.06. The maximum atomic E-state index is 14.5. The highest BCUT2D eigenvalue weighted by Crippen LogP contribution is 2.48. The molecule has 41 heavy (non-hydrogen) atoms. The molecule has 0 unspecified atom stereocenters. The van der Waals surface area contributed by atoms with Crippen LogP contribution in [-0.4, -0.2) is 58.0 Å². The number of fused-ring (bicyclic) bond motifs is 5. The van der Waals surface area contributed by atoms with Gasteiger partial charge in [0.05, 0.1) is 18.8 Å². The van der Waals surface area contributed by atoms with Crippen LogP contribution in [0.2, 0.25) is 0 Å². The molecule has 1 saturated carbocycles. The van der Waals surface area contributed by atoms with Crippen LogP contribution in [0.5, 0.6) is 5.75 Å². The SMILES string of the molecule is CCOC(=O)[C@@]12C[C@H]1/C=C\CCCCCCC(=O)N1C[C@@]3(CCc4c(c(C)nc5c(F)cccc45)O3)C[C@H]1C(=O)N2. The third-order valence-corrected chi connectivity index (χ3v) is 9.25. The van der Waals surface area contributed by atoms with Crippen molar-refractivity contribution in [2.75, 3.05) is 13.2 Å². The second-order valence-electron chi connectivity index (χ2n) is 12.0. The average Bonchev–Trinajstić information content (AvgIpc) is 3.52. The molecular formula is C32H38FN3O5. The molecule has 0 radical (unpaired) electrons. The Balaban J connectivity index is 1.32. The van der Waals surface area contributed by atoms with Crippen LogP contribution in [0, 0.1) is 18.7 Å². The number of ether oxygens (including phenoxy) is 2. The average molecular weight is 564 g/mol. The van der Waals surface area contributed by atoms with Gasteiger partial charge in [0.2, 0.25) is 11.8 Å². The van der Waals surface area contributed by atoms with Crippen molar-refractivity contribution in [1.82, 2.24) is 15.2 Å². The maximum Gasteiger partial charge on any atom is 0.332 e. The number of pyridine rings is 1. The summed E-state index contributed by atoms with van der Waals surface area (Å²) < 4.78 is 26.6. The highest BCUT2D eigenvalue weighted by atomic mass is 19.1. The van der Waals surface area contributed by atoms with Crippen molar-refractivity contribution in [2.24, 2.45) is 5.92 Å². The van der Waals surface area contributed by atoms with Gasteiger partial charge >= 0.3 is 5.97 Å². The third kappa shape index (κ3) is 4.97. The van der Waals surface area contributed by atoms with Crippen molar-refractivity contribution < 1.29 is 28.2 Å². The lowest BCUT2D eigenvalue weighted by Gasteiger charge is -2.36. The smallest absolute Gasteiger partial charge is 0.332 e. The number of carbonyl (C=O) groups is 3. The largest absolute Gasteiger partial charge is 0.483 e. The lowest BCUT2D eigenvalue weighted by Crippen LogP contribution is -2.53. The molecule has 2 amide bonds. The van der Waals surface area contributed by atoms with Crippen molar-refractivity contribution in [3.63, 3.8) is 0 Å². The van der Waals surface area contributed by atoms with E-state index in [2.05, 4.69) is 16.4 Å². The molecule has 4 heterocycles. The maximum absolute atomic E-state index is 14.5. The number of amides is 2. The molecule has 2 fully saturated rings. The number of aromatic nitrogens is 1. The van der Waals surface area contributed by atoms with Gasteiger partial charge in [0.1, 0.15) is 34.3 Å². The van der Waals surface area contributed by atoms with Crippen molar-refractivity contribution in [3.8, 4) is 5.75 Å². The zero-order chi connectivity index (χ0) is 28.8. The van der Waals surface area contributed by atoms with Crippen LogP contribution in [0.1, 0.15) is 76.0 Å². The Hall–Kier alpha value is -3.49. The van der Waals surface area contributed by atoms with Gasteiger partial charge in [-0.15, -0.1) is 0 Å². The van der Waals surface area contributed by atoms with Gasteiger partial charge in [-0.25, -0.2) is 14.2 Å². The normalized spacial score (nSPS) is 30.8. The zero-order valence-corrected chi connectivity index (χ0v) is 23.8. The molecule has 1 saturated heterocycles. The number of carbonyl (C=O) groups excluding carboxylic acids is 3. The fraction of sp³-hybridized carbons (Fsp3) is 0.562. The van der Waals surface area contributed by atoms with Crippen LogP contribution in [0.25, 0.3) is 10.9 Å². The molecule has 2 aromatic rings. The first-order chi connectivity index (χ1) is 19.8. The molecule has 8 nitrogen and oxygen atoms in total. The highest BCUT2D eigenvalue weighted by molar-refractivity contribution is 5.95. The van der Waals surface area contributed by atoms with E-state index in [0.29, 0.717) is 49.1 Å². The molecule has 1 spiro atoms. The quantitative estimate of drug-likeness (QED) is 0.421. The first kappa shape index (κ1) is 27.7. The van der Waals surface area contributed by atoms with E-state index in [1.165, 1.54) is 6.07 Å². The number of allylic oxidation sites excluding steroid dienone is 1. The summed E-state index contributed by atoms with van der Waals surface area (Å²) in [5.41, 5.74) is -0.0481. The van der Waals surface area contributed by atoms with Crippen molar-refractivity contribution >= 4 is 28.7 Å². The lowest BCUT2D eigenvalue weighted by molar-refractivity contribution is -0.150. The fourth-order valence-corrected chi connectivity index (χ4v) is 6.94. The van der Waals surface area contributed by atoms with Crippen LogP contribution in [-0.2, 0) is 25.5 Å². The Morgan fingerprint density at radius 1 is 1.20 bits per heavy atom. The Morgan fingerprint density at radius 3 is 2.85 bits per heavy atom. The monoisotopic (exact) mass is 563 g/mol. The fourth-order valence-electron chi connectivity index (χ4n) is 6.94. The minimum Gasteiger partial charge on any atom is -0.483 e. The molecule has 1 N–H and O–H groups in total. The molecule has 0 bridgehead atoms. The predicted molar refractivity (Wildman–Crippen MR) is 151 cm³/mol. The first-order valence-corrected chi connectivity index (χ1v) is 15.0. The van der Waals surface area contributed by atoms with Crippen LogP contribution >= 0.6 is 0 Å². The lowest BCUT2D eigenvalue weighted by atomic mass is 9.87. The highest BCUT2D eigenvalue weighted by Gasteiger charge is 2.63. The van der Waals surface area contributed by atoms with Gasteiger partial charge in [0.25, 0.3) is 0 Å². The summed E-state index contributed by atoms with van der Waals surface area (Å²) in [6.07, 6.45) is 11.1. The number of rotatable bonds is 2. The molecule has 4 atom stereocenters. The Kier molecular flexibility index (Phi) is 7.24. The molecule has 4 aliphatic rings. The van der Waals surface area contributed by atoms with E-state index < -0.39 is 23.2 Å². The molecule has 1 aromatic heterocycles. The van der Waals surface area contributed by atoms with Gasteiger partial charge in [0.15, 0.2) is 0 Å². The summed E-state index contributed by atoms with van der Waals surface area (Å²) in [6, 6.07) is 4.17. The van der Waals surface area contributed by atoms with Crippen LogP contribution < -0.4 is 10.1 Å². The van der Waals surface area contributed by atoms with Gasteiger partial charge < -0.3 is 19.7 Å². The molecular weight excluding hydrogens is 525 g/mol. The molecule has 1 aromatic carbocycles. The Morgan fingerprint density at radius 2 is 2.02 bits per heavy atom. The molecule has 9 heteroatoms. The Bertz CT molecular complexity index is 1430. The summed E-state index contributed by atoms with van der Waals surface area (Å²) in [4.78, 5) is 46.7. The second kappa shape index (κ2) is 10.7. The van der Waals surface area contributed by atoms with E-state index >= 15 is 0 Å². The second-order valence-corrected chi connectivity index (χ2v) is 12.0. The molecule has 3 aliphatic heterocycles. The number of nitrogens with zero attached hydrogens (tertiary/aromatic N) is 2. The number of benzene rings is 1. The summed E-state index contributed by atoms with van der Waals surface area (Å²) >= 11 is 0. The van der Waals surface area contributed by atoms with E-state index in [4.69, 9.17) is 9.47 Å². The van der Waals surface area contributed by atoms with Gasteiger partial charge in [-0.1, -0.05) is 37.1 Å². The number of hydrogen-bond acceptors (Lipinski definition) is 6. The zero-order valence-electron chi connectivity index (χ0n) is 23.8. The number of para-hydroxylation sites is 1. The van der Waals surface area contributed by atoms with Crippen LogP contribution in [0.15, 0.2) is 30.4 Å². The van der Waals surface area contributed by atoms with Gasteiger partial charge in [-0.05, 0) is 58.4 Å². The van der Waals surface area contributed by atoms with Crippen LogP contribution in [0.3, 0.4) is 0 Å². The molecule has 6 rings (SSSR count). The number of halogens is 1. The van der Waals surface area contributed by atoms with Gasteiger partial charge in [-0.3, -0.25) is 9.59 Å².